The number of rotatable bonds is 3. The van der Waals surface area contributed by atoms with Gasteiger partial charge in [-0.05, 0) is 37.1 Å². The molecule has 24 heavy (non-hydrogen) atoms. The molecule has 0 aliphatic carbocycles. The number of halogens is 2. The Balaban J connectivity index is 0.00000208. The van der Waals surface area contributed by atoms with Crippen LogP contribution in [0.4, 0.5) is 0 Å². The summed E-state index contributed by atoms with van der Waals surface area (Å²) in [5.41, 5.74) is 0. The molecule has 2 saturated heterocycles. The van der Waals surface area contributed by atoms with Crippen LogP contribution in [0.25, 0.3) is 0 Å². The van der Waals surface area contributed by atoms with Crippen molar-refractivity contribution in [3.63, 3.8) is 0 Å². The molecule has 0 spiro atoms. The third-order valence-electron chi connectivity index (χ3n) is 4.38. The third-order valence-corrected chi connectivity index (χ3v) is 6.51. The largest absolute Gasteiger partial charge is 0.336 e. The quantitative estimate of drug-likeness (QED) is 0.840. The lowest BCUT2D eigenvalue weighted by atomic mass is 10.1. The van der Waals surface area contributed by atoms with Crippen LogP contribution in [-0.4, -0.2) is 62.3 Å². The number of piperidine rings is 1. The fraction of sp³-hybridized carbons (Fsp3) is 0.533. The van der Waals surface area contributed by atoms with E-state index < -0.39 is 10.0 Å². The molecule has 6 nitrogen and oxygen atoms in total. The predicted octanol–water partition coefficient (Wildman–Crippen LogP) is 1.35. The van der Waals surface area contributed by atoms with Crippen molar-refractivity contribution in [3.8, 4) is 0 Å². The molecule has 2 aliphatic rings. The standard InChI is InChI=1S/C15H20ClN3O3S.ClH/c16-12-3-5-14(6-4-12)23(21,22)18-8-1-2-13(11-18)19-9-7-17-10-15(19)20;/h3-6,13,17H,1-2,7-11H2;1H. The zero-order chi connectivity index (χ0) is 16.4. The van der Waals surface area contributed by atoms with E-state index in [4.69, 9.17) is 11.6 Å². The van der Waals surface area contributed by atoms with Crippen molar-refractivity contribution in [2.75, 3.05) is 32.7 Å². The van der Waals surface area contributed by atoms with E-state index in [1.165, 1.54) is 16.4 Å². The Kier molecular flexibility index (Phi) is 6.50. The molecule has 0 aromatic heterocycles. The van der Waals surface area contributed by atoms with E-state index in [2.05, 4.69) is 5.32 Å². The number of nitrogens with zero attached hydrogens (tertiary/aromatic N) is 2. The lowest BCUT2D eigenvalue weighted by molar-refractivity contribution is -0.135. The summed E-state index contributed by atoms with van der Waals surface area (Å²) >= 11 is 5.83. The summed E-state index contributed by atoms with van der Waals surface area (Å²) in [4.78, 5) is 14.1. The van der Waals surface area contributed by atoms with Gasteiger partial charge in [-0.25, -0.2) is 8.42 Å². The highest BCUT2D eigenvalue weighted by molar-refractivity contribution is 7.89. The molecule has 134 valence electrons. The molecule has 1 N–H and O–H groups in total. The smallest absolute Gasteiger partial charge is 0.243 e. The van der Waals surface area contributed by atoms with E-state index in [1.807, 2.05) is 4.90 Å². The van der Waals surface area contributed by atoms with Gasteiger partial charge in [-0.2, -0.15) is 4.31 Å². The first-order valence-corrected chi connectivity index (χ1v) is 9.56. The summed E-state index contributed by atoms with van der Waals surface area (Å²) in [7, 11) is -3.55. The molecule has 1 amide bonds. The van der Waals surface area contributed by atoms with E-state index in [-0.39, 0.29) is 29.3 Å². The van der Waals surface area contributed by atoms with Gasteiger partial charge < -0.3 is 10.2 Å². The number of carbonyl (C=O) groups excluding carboxylic acids is 1. The molecule has 2 fully saturated rings. The number of sulfonamides is 1. The van der Waals surface area contributed by atoms with Crippen molar-refractivity contribution < 1.29 is 13.2 Å². The maximum atomic E-state index is 12.8. The summed E-state index contributed by atoms with van der Waals surface area (Å²) in [6.45, 7) is 2.57. The van der Waals surface area contributed by atoms with E-state index in [9.17, 15) is 13.2 Å². The fourth-order valence-corrected chi connectivity index (χ4v) is 4.80. The van der Waals surface area contributed by atoms with Crippen LogP contribution >= 0.6 is 24.0 Å². The van der Waals surface area contributed by atoms with Gasteiger partial charge in [0.15, 0.2) is 0 Å². The van der Waals surface area contributed by atoms with Crippen LogP contribution in [0.1, 0.15) is 12.8 Å². The first-order valence-electron chi connectivity index (χ1n) is 7.74. The maximum absolute atomic E-state index is 12.8. The number of carbonyl (C=O) groups is 1. The molecular formula is C15H21Cl2N3O3S. The van der Waals surface area contributed by atoms with Crippen molar-refractivity contribution >= 4 is 39.9 Å². The van der Waals surface area contributed by atoms with Crippen LogP contribution in [0.5, 0.6) is 0 Å². The van der Waals surface area contributed by atoms with Gasteiger partial charge in [-0.3, -0.25) is 4.79 Å². The van der Waals surface area contributed by atoms with E-state index >= 15 is 0 Å². The molecule has 0 bridgehead atoms. The molecule has 2 heterocycles. The van der Waals surface area contributed by atoms with Gasteiger partial charge in [-0.15, -0.1) is 12.4 Å². The van der Waals surface area contributed by atoms with E-state index in [0.717, 1.165) is 19.4 Å². The average molecular weight is 394 g/mol. The predicted molar refractivity (Wildman–Crippen MR) is 95.1 cm³/mol. The second-order valence-electron chi connectivity index (χ2n) is 5.88. The van der Waals surface area contributed by atoms with Gasteiger partial charge in [0, 0.05) is 37.2 Å². The number of amides is 1. The summed E-state index contributed by atoms with van der Waals surface area (Å²) in [6.07, 6.45) is 1.60. The highest BCUT2D eigenvalue weighted by Crippen LogP contribution is 2.24. The lowest BCUT2D eigenvalue weighted by Crippen LogP contribution is -2.57. The topological polar surface area (TPSA) is 69.7 Å². The van der Waals surface area contributed by atoms with Crippen molar-refractivity contribution in [2.45, 2.75) is 23.8 Å². The van der Waals surface area contributed by atoms with Gasteiger partial charge >= 0.3 is 0 Å². The minimum Gasteiger partial charge on any atom is -0.336 e. The zero-order valence-corrected chi connectivity index (χ0v) is 15.5. The van der Waals surface area contributed by atoms with Gasteiger partial charge in [0.2, 0.25) is 15.9 Å². The number of benzene rings is 1. The Morgan fingerprint density at radius 2 is 1.88 bits per heavy atom. The van der Waals surface area contributed by atoms with Gasteiger partial charge in [0.25, 0.3) is 0 Å². The highest BCUT2D eigenvalue weighted by Gasteiger charge is 2.35. The van der Waals surface area contributed by atoms with Crippen LogP contribution in [0.3, 0.4) is 0 Å². The number of hydrogen-bond acceptors (Lipinski definition) is 4. The molecule has 1 unspecified atom stereocenters. The second kappa shape index (κ2) is 8.01. The van der Waals surface area contributed by atoms with Crippen molar-refractivity contribution in [1.82, 2.24) is 14.5 Å². The van der Waals surface area contributed by atoms with Gasteiger partial charge in [0.05, 0.1) is 11.4 Å². The van der Waals surface area contributed by atoms with Crippen molar-refractivity contribution in [2.24, 2.45) is 0 Å². The van der Waals surface area contributed by atoms with Gasteiger partial charge in [-0.1, -0.05) is 11.6 Å². The fourth-order valence-electron chi connectivity index (χ4n) is 3.16. The molecule has 0 saturated carbocycles. The summed E-state index contributed by atoms with van der Waals surface area (Å²) in [5, 5.41) is 3.55. The van der Waals surface area contributed by atoms with Crippen molar-refractivity contribution in [1.29, 1.82) is 0 Å². The number of nitrogens with one attached hydrogen (secondary N) is 1. The first-order chi connectivity index (χ1) is 11.0. The van der Waals surface area contributed by atoms with Crippen LogP contribution in [0.2, 0.25) is 5.02 Å². The minimum atomic E-state index is -3.55. The molecule has 1 atom stereocenters. The second-order valence-corrected chi connectivity index (χ2v) is 8.25. The Morgan fingerprint density at radius 1 is 1.17 bits per heavy atom. The Hall–Kier alpha value is -0.860. The normalized spacial score (nSPS) is 23.0. The third kappa shape index (κ3) is 4.03. The summed E-state index contributed by atoms with van der Waals surface area (Å²) in [5.74, 6) is 0.0481. The first kappa shape index (κ1) is 19.5. The molecule has 1 aromatic rings. The molecule has 2 aliphatic heterocycles. The summed E-state index contributed by atoms with van der Waals surface area (Å²) in [6, 6.07) is 6.17. The molecular weight excluding hydrogens is 373 g/mol. The molecule has 9 heteroatoms. The number of hydrogen-bond donors (Lipinski definition) is 1. The van der Waals surface area contributed by atoms with Crippen molar-refractivity contribution in [3.05, 3.63) is 29.3 Å². The monoisotopic (exact) mass is 393 g/mol. The van der Waals surface area contributed by atoms with E-state index in [1.54, 1.807) is 12.1 Å². The molecule has 3 rings (SSSR count). The van der Waals surface area contributed by atoms with E-state index in [0.29, 0.717) is 31.2 Å². The van der Waals surface area contributed by atoms with Crippen LogP contribution < -0.4 is 5.32 Å². The van der Waals surface area contributed by atoms with Crippen LogP contribution in [0.15, 0.2) is 29.2 Å². The minimum absolute atomic E-state index is 0. The maximum Gasteiger partial charge on any atom is 0.243 e. The molecule has 0 radical (unpaired) electrons. The van der Waals surface area contributed by atoms with Gasteiger partial charge in [0.1, 0.15) is 0 Å². The SMILES string of the molecule is Cl.O=C1CNCCN1C1CCCN(S(=O)(=O)c2ccc(Cl)cc2)C1. The molecule has 1 aromatic carbocycles. The average Bonchev–Trinajstić information content (AvgIpc) is 2.56. The van der Waals surface area contributed by atoms with Crippen LogP contribution in [0, 0.1) is 0 Å². The zero-order valence-electron chi connectivity index (χ0n) is 13.2. The Morgan fingerprint density at radius 3 is 2.54 bits per heavy atom. The summed E-state index contributed by atoms with van der Waals surface area (Å²) < 4.78 is 27.0. The Bertz CT molecular complexity index is 682. The highest BCUT2D eigenvalue weighted by atomic mass is 35.5. The lowest BCUT2D eigenvalue weighted by Gasteiger charge is -2.40. The number of piperazine rings is 1. The van der Waals surface area contributed by atoms with Crippen LogP contribution in [-0.2, 0) is 14.8 Å². The Labute approximate surface area is 153 Å².